The smallest absolute Gasteiger partial charge is 0.408 e. The number of hydrogen-bond acceptors (Lipinski definition) is 4. The fourth-order valence-electron chi connectivity index (χ4n) is 5.31. The maximum Gasteiger partial charge on any atom is 0.408 e. The van der Waals surface area contributed by atoms with Crippen molar-refractivity contribution in [2.45, 2.75) is 63.8 Å². The predicted molar refractivity (Wildman–Crippen MR) is 119 cm³/mol. The minimum atomic E-state index is -1.07. The van der Waals surface area contributed by atoms with Crippen molar-refractivity contribution in [3.05, 3.63) is 35.5 Å². The summed E-state index contributed by atoms with van der Waals surface area (Å²) in [5, 5.41) is 19.9. The molecule has 2 saturated heterocycles. The van der Waals surface area contributed by atoms with E-state index in [1.54, 1.807) is 7.11 Å². The van der Waals surface area contributed by atoms with Gasteiger partial charge in [-0.25, -0.2) is 4.79 Å². The maximum atomic E-state index is 13.3. The summed E-state index contributed by atoms with van der Waals surface area (Å²) in [6, 6.07) is 9.59. The van der Waals surface area contributed by atoms with Gasteiger partial charge in [-0.1, -0.05) is 6.07 Å². The molecule has 8 nitrogen and oxygen atoms in total. The summed E-state index contributed by atoms with van der Waals surface area (Å²) < 4.78 is 7.58. The molecule has 170 valence electrons. The Labute approximate surface area is 188 Å². The number of carbonyl (C=O) groups is 2. The highest BCUT2D eigenvalue weighted by atomic mass is 16.5. The fraction of sp³-hybridized carbons (Fsp3) is 0.542. The number of nitrogens with zero attached hydrogens (tertiary/aromatic N) is 4. The zero-order valence-electron chi connectivity index (χ0n) is 18.7. The first-order chi connectivity index (χ1) is 15.5. The number of carboxylic acid groups (broad SMARTS) is 1. The van der Waals surface area contributed by atoms with Crippen LogP contribution in [0.4, 0.5) is 4.79 Å². The lowest BCUT2D eigenvalue weighted by atomic mass is 10.1. The number of rotatable bonds is 6. The van der Waals surface area contributed by atoms with Crippen molar-refractivity contribution >= 4 is 22.9 Å². The van der Waals surface area contributed by atoms with Crippen molar-refractivity contribution in [1.29, 1.82) is 5.26 Å². The SMILES string of the molecule is CCn1c(CC[C@@H]2CCCN2C(=O)C2CC(OC)CN2C(=O)O)cc2ccc(C#N)cc21. The molecule has 0 spiro atoms. The predicted octanol–water partition coefficient (Wildman–Crippen LogP) is 3.22. The van der Waals surface area contributed by atoms with Crippen LogP contribution >= 0.6 is 0 Å². The Balaban J connectivity index is 1.49. The normalized spacial score (nSPS) is 23.1. The van der Waals surface area contributed by atoms with Crippen LogP contribution in [-0.2, 0) is 22.5 Å². The Morgan fingerprint density at radius 2 is 2.09 bits per heavy atom. The molecule has 32 heavy (non-hydrogen) atoms. The number of nitriles is 1. The zero-order chi connectivity index (χ0) is 22.8. The van der Waals surface area contributed by atoms with Crippen LogP contribution in [0.2, 0.25) is 0 Å². The molecule has 2 fully saturated rings. The van der Waals surface area contributed by atoms with E-state index in [1.165, 1.54) is 10.6 Å². The Morgan fingerprint density at radius 1 is 1.28 bits per heavy atom. The third-order valence-corrected chi connectivity index (χ3v) is 6.96. The minimum Gasteiger partial charge on any atom is -0.465 e. The van der Waals surface area contributed by atoms with Gasteiger partial charge in [0.05, 0.1) is 24.3 Å². The third kappa shape index (κ3) is 4.05. The molecule has 2 aromatic rings. The summed E-state index contributed by atoms with van der Waals surface area (Å²) in [6.45, 7) is 3.82. The molecule has 0 radical (unpaired) electrons. The number of aryl methyl sites for hydroxylation is 2. The second kappa shape index (κ2) is 9.21. The van der Waals surface area contributed by atoms with Crippen molar-refractivity contribution in [3.63, 3.8) is 0 Å². The van der Waals surface area contributed by atoms with E-state index in [9.17, 15) is 20.0 Å². The second-order valence-corrected chi connectivity index (χ2v) is 8.68. The van der Waals surface area contributed by atoms with Crippen LogP contribution in [0.5, 0.6) is 0 Å². The van der Waals surface area contributed by atoms with Crippen LogP contribution in [0.25, 0.3) is 10.9 Å². The zero-order valence-corrected chi connectivity index (χ0v) is 18.7. The van der Waals surface area contributed by atoms with Crippen LogP contribution in [0.3, 0.4) is 0 Å². The number of likely N-dealkylation sites (tertiary alicyclic amines) is 2. The summed E-state index contributed by atoms with van der Waals surface area (Å²) in [6.07, 6.45) is 2.64. The molecule has 8 heteroatoms. The Morgan fingerprint density at radius 3 is 2.78 bits per heavy atom. The van der Waals surface area contributed by atoms with Crippen LogP contribution in [0.1, 0.15) is 43.9 Å². The van der Waals surface area contributed by atoms with E-state index in [2.05, 4.69) is 23.6 Å². The molecule has 2 amide bonds. The molecule has 0 bridgehead atoms. The number of benzene rings is 1. The van der Waals surface area contributed by atoms with E-state index in [0.717, 1.165) is 43.1 Å². The number of hydrogen-bond donors (Lipinski definition) is 1. The average Bonchev–Trinajstić information content (AvgIpc) is 3.52. The van der Waals surface area contributed by atoms with Crippen LogP contribution < -0.4 is 0 Å². The maximum absolute atomic E-state index is 13.3. The first kappa shape index (κ1) is 22.2. The van der Waals surface area contributed by atoms with E-state index in [-0.39, 0.29) is 24.6 Å². The summed E-state index contributed by atoms with van der Waals surface area (Å²) in [7, 11) is 1.56. The number of amides is 2. The molecular formula is C24H30N4O4. The lowest BCUT2D eigenvalue weighted by Gasteiger charge is -2.30. The van der Waals surface area contributed by atoms with Crippen molar-refractivity contribution < 1.29 is 19.4 Å². The molecule has 4 rings (SSSR count). The molecule has 2 aliphatic heterocycles. The van der Waals surface area contributed by atoms with Gasteiger partial charge in [-0.2, -0.15) is 5.26 Å². The Kier molecular flexibility index (Phi) is 6.38. The summed E-state index contributed by atoms with van der Waals surface area (Å²) in [5.41, 5.74) is 2.91. The number of fused-ring (bicyclic) bond motifs is 1. The molecule has 3 heterocycles. The largest absolute Gasteiger partial charge is 0.465 e. The van der Waals surface area contributed by atoms with Crippen molar-refractivity contribution in [2.24, 2.45) is 0 Å². The number of ether oxygens (including phenoxy) is 1. The number of aromatic nitrogens is 1. The fourth-order valence-corrected chi connectivity index (χ4v) is 5.31. The quantitative estimate of drug-likeness (QED) is 0.747. The van der Waals surface area contributed by atoms with Gasteiger partial charge in [-0.15, -0.1) is 0 Å². The lowest BCUT2D eigenvalue weighted by Crippen LogP contribution is -2.49. The van der Waals surface area contributed by atoms with Gasteiger partial charge in [0.15, 0.2) is 0 Å². The molecule has 1 aromatic heterocycles. The van der Waals surface area contributed by atoms with Crippen molar-refractivity contribution in [3.8, 4) is 6.07 Å². The highest BCUT2D eigenvalue weighted by Crippen LogP contribution is 2.29. The number of methoxy groups -OCH3 is 1. The van der Waals surface area contributed by atoms with E-state index in [4.69, 9.17) is 4.74 Å². The molecule has 0 saturated carbocycles. The van der Waals surface area contributed by atoms with Gasteiger partial charge in [0, 0.05) is 43.9 Å². The molecule has 1 aromatic carbocycles. The van der Waals surface area contributed by atoms with Crippen LogP contribution in [0, 0.1) is 11.3 Å². The van der Waals surface area contributed by atoms with Crippen molar-refractivity contribution in [1.82, 2.24) is 14.4 Å². The third-order valence-electron chi connectivity index (χ3n) is 6.96. The summed E-state index contributed by atoms with van der Waals surface area (Å²) in [5.74, 6) is -0.0934. The van der Waals surface area contributed by atoms with Gasteiger partial charge in [-0.05, 0) is 56.2 Å². The Hall–Kier alpha value is -3.05. The lowest BCUT2D eigenvalue weighted by molar-refractivity contribution is -0.136. The van der Waals surface area contributed by atoms with Gasteiger partial charge in [0.25, 0.3) is 0 Å². The molecule has 3 atom stereocenters. The molecule has 2 aliphatic rings. The first-order valence-corrected chi connectivity index (χ1v) is 11.3. The van der Waals surface area contributed by atoms with E-state index in [0.29, 0.717) is 18.5 Å². The summed E-state index contributed by atoms with van der Waals surface area (Å²) in [4.78, 5) is 28.1. The summed E-state index contributed by atoms with van der Waals surface area (Å²) >= 11 is 0. The van der Waals surface area contributed by atoms with Gasteiger partial charge in [0.1, 0.15) is 6.04 Å². The van der Waals surface area contributed by atoms with Gasteiger partial charge in [-0.3, -0.25) is 9.69 Å². The van der Waals surface area contributed by atoms with Gasteiger partial charge >= 0.3 is 6.09 Å². The first-order valence-electron chi connectivity index (χ1n) is 11.3. The average molecular weight is 439 g/mol. The van der Waals surface area contributed by atoms with E-state index in [1.807, 2.05) is 23.1 Å². The topological polar surface area (TPSA) is 98.8 Å². The number of carbonyl (C=O) groups excluding carboxylic acids is 1. The van der Waals surface area contributed by atoms with E-state index < -0.39 is 12.1 Å². The van der Waals surface area contributed by atoms with Crippen LogP contribution in [0.15, 0.2) is 24.3 Å². The van der Waals surface area contributed by atoms with Crippen molar-refractivity contribution in [2.75, 3.05) is 20.2 Å². The second-order valence-electron chi connectivity index (χ2n) is 8.68. The van der Waals surface area contributed by atoms with Gasteiger partial charge < -0.3 is 19.3 Å². The molecule has 0 aliphatic carbocycles. The Bertz CT molecular complexity index is 1060. The monoisotopic (exact) mass is 438 g/mol. The molecular weight excluding hydrogens is 408 g/mol. The highest BCUT2D eigenvalue weighted by molar-refractivity contribution is 5.86. The van der Waals surface area contributed by atoms with E-state index >= 15 is 0 Å². The standard InChI is InChI=1S/C24H30N4O4/c1-3-26-19(12-17-7-6-16(14-25)11-21(17)26)9-8-18-5-4-10-27(18)23(29)22-13-20(32-2)15-28(22)24(30)31/h6-7,11-12,18,20,22H,3-5,8-10,13,15H2,1-2H3,(H,30,31)/t18-,20?,22?/m0/s1. The highest BCUT2D eigenvalue weighted by Gasteiger charge is 2.43. The minimum absolute atomic E-state index is 0.0934. The van der Waals surface area contributed by atoms with Crippen LogP contribution in [-0.4, -0.2) is 69.9 Å². The molecule has 1 N–H and O–H groups in total. The van der Waals surface area contributed by atoms with Gasteiger partial charge in [0.2, 0.25) is 5.91 Å². The molecule has 2 unspecified atom stereocenters.